The standard InChI is InChI=1S/C19H18BNO2/c1-14(20(22)23)12-13-17-15(2)21(16-8-4-3-5-9-16)19-11-7-6-10-18(17)19/h3-13,22-23H,2H2,1H3/b14-12+,17-13+. The van der Waals surface area contributed by atoms with Crippen molar-refractivity contribution < 1.29 is 10.0 Å². The van der Waals surface area contributed by atoms with Gasteiger partial charge >= 0.3 is 7.12 Å². The Morgan fingerprint density at radius 2 is 1.70 bits per heavy atom. The van der Waals surface area contributed by atoms with E-state index in [1.807, 2.05) is 54.6 Å². The van der Waals surface area contributed by atoms with Gasteiger partial charge in [0.2, 0.25) is 0 Å². The predicted octanol–water partition coefficient (Wildman–Crippen LogP) is 1.78. The number of hydrogen-bond acceptors (Lipinski definition) is 2. The zero-order chi connectivity index (χ0) is 16.4. The number of nitrogens with zero attached hydrogens (tertiary/aromatic N) is 1. The van der Waals surface area contributed by atoms with Gasteiger partial charge in [0.05, 0.1) is 5.52 Å². The Bertz CT molecular complexity index is 972. The predicted molar refractivity (Wildman–Crippen MR) is 96.5 cm³/mol. The second-order valence-corrected chi connectivity index (χ2v) is 5.50. The summed E-state index contributed by atoms with van der Waals surface area (Å²) < 4.78 is 2.11. The molecule has 0 aliphatic heterocycles. The van der Waals surface area contributed by atoms with E-state index in [-0.39, 0.29) is 0 Å². The van der Waals surface area contributed by atoms with Crippen LogP contribution in [0.2, 0.25) is 0 Å². The summed E-state index contributed by atoms with van der Waals surface area (Å²) in [4.78, 5) is 0. The summed E-state index contributed by atoms with van der Waals surface area (Å²) in [7, 11) is -1.44. The molecule has 4 heteroatoms. The van der Waals surface area contributed by atoms with Crippen LogP contribution >= 0.6 is 0 Å². The van der Waals surface area contributed by atoms with Crippen LogP contribution in [0.1, 0.15) is 6.92 Å². The highest BCUT2D eigenvalue weighted by Crippen LogP contribution is 2.14. The number of aromatic nitrogens is 1. The molecule has 0 unspecified atom stereocenters. The maximum atomic E-state index is 9.21. The van der Waals surface area contributed by atoms with Crippen LogP contribution in [0.25, 0.3) is 29.2 Å². The van der Waals surface area contributed by atoms with E-state index in [9.17, 15) is 10.0 Å². The third-order valence-corrected chi connectivity index (χ3v) is 3.95. The third kappa shape index (κ3) is 2.87. The van der Waals surface area contributed by atoms with Gasteiger partial charge in [0.15, 0.2) is 0 Å². The molecule has 3 nitrogen and oxygen atoms in total. The van der Waals surface area contributed by atoms with E-state index in [0.717, 1.165) is 27.2 Å². The first-order valence-corrected chi connectivity index (χ1v) is 7.48. The Hall–Kier alpha value is -2.56. The van der Waals surface area contributed by atoms with Gasteiger partial charge in [-0.2, -0.15) is 0 Å². The van der Waals surface area contributed by atoms with E-state index in [2.05, 4.69) is 17.2 Å². The lowest BCUT2D eigenvalue weighted by Gasteiger charge is -2.05. The molecule has 0 aliphatic rings. The van der Waals surface area contributed by atoms with Gasteiger partial charge in [0.25, 0.3) is 0 Å². The normalized spacial score (nSPS) is 12.8. The summed E-state index contributed by atoms with van der Waals surface area (Å²) in [5.41, 5.74) is 2.61. The van der Waals surface area contributed by atoms with Crippen LogP contribution in [-0.2, 0) is 0 Å². The van der Waals surface area contributed by atoms with Gasteiger partial charge in [-0.3, -0.25) is 0 Å². The molecular weight excluding hydrogens is 285 g/mol. The quantitative estimate of drug-likeness (QED) is 0.725. The minimum Gasteiger partial charge on any atom is -0.423 e. The molecule has 1 heterocycles. The molecule has 0 atom stereocenters. The van der Waals surface area contributed by atoms with Crippen LogP contribution in [0, 0.1) is 0 Å². The van der Waals surface area contributed by atoms with E-state index < -0.39 is 7.12 Å². The average molecular weight is 303 g/mol. The molecule has 23 heavy (non-hydrogen) atoms. The van der Waals surface area contributed by atoms with Crippen molar-refractivity contribution in [2.75, 3.05) is 0 Å². The largest absolute Gasteiger partial charge is 0.483 e. The maximum Gasteiger partial charge on any atom is 0.483 e. The summed E-state index contributed by atoms with van der Waals surface area (Å²) in [5.74, 6) is 0. The van der Waals surface area contributed by atoms with Gasteiger partial charge in [0.1, 0.15) is 0 Å². The molecule has 0 radical (unpaired) electrons. The van der Waals surface area contributed by atoms with E-state index in [4.69, 9.17) is 0 Å². The highest BCUT2D eigenvalue weighted by Gasteiger charge is 2.09. The van der Waals surface area contributed by atoms with Crippen LogP contribution in [0.15, 0.2) is 66.1 Å². The third-order valence-electron chi connectivity index (χ3n) is 3.95. The number of hydrogen-bond donors (Lipinski definition) is 2. The van der Waals surface area contributed by atoms with Crippen LogP contribution in [0.4, 0.5) is 0 Å². The Labute approximate surface area is 135 Å². The van der Waals surface area contributed by atoms with Gasteiger partial charge in [-0.25, -0.2) is 0 Å². The highest BCUT2D eigenvalue weighted by molar-refractivity contribution is 6.50. The molecule has 0 amide bonds. The number of benzene rings is 2. The fraction of sp³-hybridized carbons (Fsp3) is 0.0526. The molecule has 3 aromatic rings. The molecule has 114 valence electrons. The van der Waals surface area contributed by atoms with Crippen molar-refractivity contribution in [1.29, 1.82) is 0 Å². The molecule has 2 N–H and O–H groups in total. The zero-order valence-electron chi connectivity index (χ0n) is 13.0. The van der Waals surface area contributed by atoms with Gasteiger partial charge in [-0.15, -0.1) is 0 Å². The number of para-hydroxylation sites is 2. The minimum absolute atomic E-state index is 0.487. The van der Waals surface area contributed by atoms with Crippen molar-refractivity contribution in [2.45, 2.75) is 6.92 Å². The van der Waals surface area contributed by atoms with E-state index in [0.29, 0.717) is 5.47 Å². The molecule has 0 saturated carbocycles. The summed E-state index contributed by atoms with van der Waals surface area (Å²) >= 11 is 0. The second-order valence-electron chi connectivity index (χ2n) is 5.50. The molecule has 1 aromatic heterocycles. The van der Waals surface area contributed by atoms with Crippen LogP contribution < -0.4 is 10.6 Å². The number of fused-ring (bicyclic) bond motifs is 1. The van der Waals surface area contributed by atoms with Crippen molar-refractivity contribution in [2.24, 2.45) is 0 Å². The van der Waals surface area contributed by atoms with E-state index in [1.54, 1.807) is 13.0 Å². The van der Waals surface area contributed by atoms with Crippen molar-refractivity contribution >= 4 is 30.7 Å². The van der Waals surface area contributed by atoms with Crippen LogP contribution in [0.3, 0.4) is 0 Å². The molecule has 0 fully saturated rings. The Kier molecular flexibility index (Phi) is 4.19. The molecule has 0 aliphatic carbocycles. The smallest absolute Gasteiger partial charge is 0.423 e. The first-order chi connectivity index (χ1) is 11.1. The van der Waals surface area contributed by atoms with Crippen molar-refractivity contribution in [3.63, 3.8) is 0 Å². The SMILES string of the molecule is C=c1/c(=C\C=C(/C)B(O)O)c2ccccc2n1-c1ccccc1. The maximum absolute atomic E-state index is 9.21. The first kappa shape index (κ1) is 15.3. The van der Waals surface area contributed by atoms with Crippen LogP contribution in [0.5, 0.6) is 0 Å². The molecule has 0 saturated heterocycles. The molecule has 2 aromatic carbocycles. The second kappa shape index (κ2) is 6.28. The van der Waals surface area contributed by atoms with Crippen LogP contribution in [-0.4, -0.2) is 21.7 Å². The summed E-state index contributed by atoms with van der Waals surface area (Å²) in [6.45, 7) is 5.92. The van der Waals surface area contributed by atoms with Crippen molar-refractivity contribution in [3.8, 4) is 5.69 Å². The number of allylic oxidation sites excluding steroid dienone is 2. The van der Waals surface area contributed by atoms with Gasteiger partial charge < -0.3 is 14.6 Å². The van der Waals surface area contributed by atoms with Gasteiger partial charge in [0, 0.05) is 21.6 Å². The topological polar surface area (TPSA) is 45.4 Å². The van der Waals surface area contributed by atoms with Crippen molar-refractivity contribution in [3.05, 3.63) is 76.7 Å². The van der Waals surface area contributed by atoms with E-state index in [1.165, 1.54) is 0 Å². The highest BCUT2D eigenvalue weighted by atomic mass is 16.4. The minimum atomic E-state index is -1.44. The average Bonchev–Trinajstić information content (AvgIpc) is 2.85. The number of rotatable bonds is 3. The summed E-state index contributed by atoms with van der Waals surface area (Å²) in [5, 5.41) is 21.3. The lowest BCUT2D eigenvalue weighted by Crippen LogP contribution is -2.26. The monoisotopic (exact) mass is 303 g/mol. The fourth-order valence-corrected chi connectivity index (χ4v) is 2.68. The zero-order valence-corrected chi connectivity index (χ0v) is 13.0. The molecular formula is C19H18BNO2. The lowest BCUT2D eigenvalue weighted by molar-refractivity contribution is 0.419. The Morgan fingerprint density at radius 1 is 1.04 bits per heavy atom. The molecule has 3 rings (SSSR count). The fourth-order valence-electron chi connectivity index (χ4n) is 2.68. The Morgan fingerprint density at radius 3 is 2.39 bits per heavy atom. The van der Waals surface area contributed by atoms with Gasteiger partial charge in [-0.1, -0.05) is 55.1 Å². The molecule has 0 spiro atoms. The first-order valence-electron chi connectivity index (χ1n) is 7.48. The van der Waals surface area contributed by atoms with Gasteiger partial charge in [-0.05, 0) is 30.6 Å². The summed E-state index contributed by atoms with van der Waals surface area (Å²) in [6, 6.07) is 18.2. The Balaban J connectivity index is 2.33. The molecule has 0 bridgehead atoms. The van der Waals surface area contributed by atoms with Crippen molar-refractivity contribution in [1.82, 2.24) is 4.57 Å². The van der Waals surface area contributed by atoms with E-state index >= 15 is 0 Å². The summed E-state index contributed by atoms with van der Waals surface area (Å²) in [6.07, 6.45) is 3.61. The lowest BCUT2D eigenvalue weighted by atomic mass is 9.80.